The lowest BCUT2D eigenvalue weighted by atomic mass is 10.1. The minimum atomic E-state index is 0. The predicted octanol–water partition coefficient (Wildman–Crippen LogP) is 0.175. The molecule has 0 bridgehead atoms. The fraction of sp³-hybridized carbons (Fsp3) is 0.231. The van der Waals surface area contributed by atoms with Gasteiger partial charge in [-0.3, -0.25) is 0 Å². The van der Waals surface area contributed by atoms with Crippen LogP contribution in [-0.4, -0.2) is 23.8 Å². The summed E-state index contributed by atoms with van der Waals surface area (Å²) in [5.74, 6) is 0. The number of nitrogens with zero attached hydrogens (tertiary/aromatic N) is 2. The minimum absolute atomic E-state index is 0. The molecule has 90 valence electrons. The van der Waals surface area contributed by atoms with E-state index in [0.29, 0.717) is 0 Å². The van der Waals surface area contributed by atoms with Crippen LogP contribution in [-0.2, 0) is 0 Å². The summed E-state index contributed by atoms with van der Waals surface area (Å²) in [5.41, 5.74) is 3.55. The van der Waals surface area contributed by atoms with Gasteiger partial charge in [0, 0.05) is 22.2 Å². The van der Waals surface area contributed by atoms with Gasteiger partial charge in [0.2, 0.25) is 0 Å². The molecule has 0 aliphatic rings. The maximum atomic E-state index is 4.19. The Bertz CT molecular complexity index is 563. The highest BCUT2D eigenvalue weighted by atomic mass is 35.5. The maximum absolute atomic E-state index is 4.19. The lowest BCUT2D eigenvalue weighted by molar-refractivity contribution is -0.533. The summed E-state index contributed by atoms with van der Waals surface area (Å²) in [4.78, 5) is 3.36. The molecule has 0 unspecified atom stereocenters. The van der Waals surface area contributed by atoms with Crippen molar-refractivity contribution in [1.82, 2.24) is 4.98 Å². The number of fused-ring (bicyclic) bond motifs is 1. The van der Waals surface area contributed by atoms with E-state index in [9.17, 15) is 0 Å². The Hall–Kier alpha value is -1.61. The summed E-state index contributed by atoms with van der Waals surface area (Å²) in [6.07, 6.45) is 3.86. The molecule has 0 aliphatic carbocycles. The summed E-state index contributed by atoms with van der Waals surface area (Å²) in [5, 5.41) is 5.43. The maximum Gasteiger partial charge on any atom is 0.158 e. The second kappa shape index (κ2) is 5.64. The topological polar surface area (TPSA) is 31.2 Å². The number of azo groups is 2. The van der Waals surface area contributed by atoms with Gasteiger partial charge in [-0.05, 0) is 24.2 Å². The number of hydrogen-bond acceptors (Lipinski definition) is 1. The average Bonchev–Trinajstić information content (AvgIpc) is 2.55. The first-order valence-corrected chi connectivity index (χ1v) is 5.30. The number of hydrogen-bond donors (Lipinski definition) is 1. The van der Waals surface area contributed by atoms with Crippen LogP contribution >= 0.6 is 0 Å². The number of aromatic amines is 1. The highest BCUT2D eigenvalue weighted by Gasteiger charge is 2.03. The molecule has 2 rings (SSSR count). The fourth-order valence-electron chi connectivity index (χ4n) is 1.75. The highest BCUT2D eigenvalue weighted by molar-refractivity contribution is 5.90. The Morgan fingerprint density at radius 3 is 2.65 bits per heavy atom. The SMILES string of the molecule is Cc1[nH]c2ccccc2c1/C=C/N=[N+](C)C.[Cl-]. The van der Waals surface area contributed by atoms with E-state index in [2.05, 4.69) is 35.2 Å². The third kappa shape index (κ3) is 2.94. The van der Waals surface area contributed by atoms with E-state index in [4.69, 9.17) is 0 Å². The number of H-pyrrole nitrogens is 1. The van der Waals surface area contributed by atoms with Crippen LogP contribution in [0.1, 0.15) is 11.3 Å². The first-order valence-electron chi connectivity index (χ1n) is 5.30. The van der Waals surface area contributed by atoms with Gasteiger partial charge < -0.3 is 17.4 Å². The van der Waals surface area contributed by atoms with Gasteiger partial charge in [-0.2, -0.15) is 0 Å². The van der Waals surface area contributed by atoms with Crippen LogP contribution in [0.15, 0.2) is 35.6 Å². The fourth-order valence-corrected chi connectivity index (χ4v) is 1.75. The molecule has 1 N–H and O–H groups in total. The van der Waals surface area contributed by atoms with Gasteiger partial charge in [0.25, 0.3) is 0 Å². The predicted molar refractivity (Wildman–Crippen MR) is 66.6 cm³/mol. The number of para-hydroxylation sites is 1. The van der Waals surface area contributed by atoms with Crippen molar-refractivity contribution in [2.24, 2.45) is 5.11 Å². The molecule has 2 aromatic rings. The summed E-state index contributed by atoms with van der Waals surface area (Å²) in [6.45, 7) is 2.08. The van der Waals surface area contributed by atoms with Crippen molar-refractivity contribution >= 4 is 17.0 Å². The number of nitrogens with one attached hydrogen (secondary N) is 1. The average molecular weight is 250 g/mol. The molecule has 17 heavy (non-hydrogen) atoms. The van der Waals surface area contributed by atoms with E-state index in [1.165, 1.54) is 22.2 Å². The van der Waals surface area contributed by atoms with Crippen LogP contribution in [0.25, 0.3) is 17.0 Å². The van der Waals surface area contributed by atoms with Gasteiger partial charge in [-0.25, -0.2) is 0 Å². The van der Waals surface area contributed by atoms with Crippen molar-refractivity contribution in [1.29, 1.82) is 0 Å². The molecule has 0 aliphatic heterocycles. The Morgan fingerprint density at radius 2 is 1.94 bits per heavy atom. The van der Waals surface area contributed by atoms with Crippen LogP contribution in [0.5, 0.6) is 0 Å². The molecule has 0 atom stereocenters. The lowest BCUT2D eigenvalue weighted by Gasteiger charge is -1.90. The molecule has 1 aromatic heterocycles. The molecular weight excluding hydrogens is 234 g/mol. The molecule has 0 amide bonds. The molecule has 1 aromatic carbocycles. The Morgan fingerprint density at radius 1 is 1.24 bits per heavy atom. The summed E-state index contributed by atoms with van der Waals surface area (Å²) < 4.78 is 1.78. The van der Waals surface area contributed by atoms with E-state index >= 15 is 0 Å². The number of halogens is 1. The van der Waals surface area contributed by atoms with Crippen LogP contribution < -0.4 is 12.4 Å². The van der Waals surface area contributed by atoms with Gasteiger partial charge in [0.1, 0.15) is 0 Å². The summed E-state index contributed by atoms with van der Waals surface area (Å²) >= 11 is 0. The summed E-state index contributed by atoms with van der Waals surface area (Å²) in [6, 6.07) is 8.29. The van der Waals surface area contributed by atoms with Crippen molar-refractivity contribution in [3.8, 4) is 0 Å². The zero-order valence-electron chi connectivity index (χ0n) is 10.2. The molecule has 4 heteroatoms. The van der Waals surface area contributed by atoms with E-state index in [0.717, 1.165) is 0 Å². The standard InChI is InChI=1S/C13H15N3.ClH/c1-10-11(8-9-14-16(2)3)12-6-4-5-7-13(12)15-10;/h4-9H,1-3H3;1H. The minimum Gasteiger partial charge on any atom is -1.00 e. The molecule has 0 fully saturated rings. The van der Waals surface area contributed by atoms with Crippen molar-refractivity contribution in [3.05, 3.63) is 41.7 Å². The van der Waals surface area contributed by atoms with Gasteiger partial charge in [0.15, 0.2) is 14.1 Å². The Balaban J connectivity index is 0.00000144. The first-order chi connectivity index (χ1) is 7.68. The van der Waals surface area contributed by atoms with Crippen LogP contribution in [0.2, 0.25) is 0 Å². The van der Waals surface area contributed by atoms with E-state index in [-0.39, 0.29) is 12.4 Å². The molecule has 0 saturated carbocycles. The number of aryl methyl sites for hydroxylation is 1. The molecule has 3 nitrogen and oxygen atoms in total. The van der Waals surface area contributed by atoms with Crippen LogP contribution in [0.4, 0.5) is 0 Å². The van der Waals surface area contributed by atoms with Gasteiger partial charge in [-0.15, -0.1) is 4.70 Å². The normalized spacial score (nSPS) is 10.5. The monoisotopic (exact) mass is 249 g/mol. The Labute approximate surface area is 107 Å². The second-order valence-corrected chi connectivity index (χ2v) is 3.99. The molecule has 0 radical (unpaired) electrons. The van der Waals surface area contributed by atoms with Crippen molar-refractivity contribution in [3.63, 3.8) is 0 Å². The van der Waals surface area contributed by atoms with E-state index in [1.807, 2.05) is 32.4 Å². The van der Waals surface area contributed by atoms with Crippen LogP contribution in [0, 0.1) is 6.92 Å². The zero-order chi connectivity index (χ0) is 11.5. The quantitative estimate of drug-likeness (QED) is 0.582. The number of rotatable bonds is 2. The highest BCUT2D eigenvalue weighted by Crippen LogP contribution is 2.22. The molecular formula is C13H16ClN3. The van der Waals surface area contributed by atoms with E-state index in [1.54, 1.807) is 4.70 Å². The number of benzene rings is 1. The zero-order valence-corrected chi connectivity index (χ0v) is 11.0. The van der Waals surface area contributed by atoms with Crippen LogP contribution in [0.3, 0.4) is 0 Å². The second-order valence-electron chi connectivity index (χ2n) is 3.99. The lowest BCUT2D eigenvalue weighted by Crippen LogP contribution is -3.00. The summed E-state index contributed by atoms with van der Waals surface area (Å²) in [7, 11) is 3.82. The van der Waals surface area contributed by atoms with Gasteiger partial charge in [-0.1, -0.05) is 18.2 Å². The number of aromatic nitrogens is 1. The van der Waals surface area contributed by atoms with Gasteiger partial charge >= 0.3 is 0 Å². The van der Waals surface area contributed by atoms with Crippen molar-refractivity contribution < 1.29 is 17.1 Å². The molecule has 1 heterocycles. The largest absolute Gasteiger partial charge is 1.00 e. The third-order valence-corrected chi connectivity index (χ3v) is 2.48. The third-order valence-electron chi connectivity index (χ3n) is 2.48. The van der Waals surface area contributed by atoms with Crippen molar-refractivity contribution in [2.45, 2.75) is 6.92 Å². The smallest absolute Gasteiger partial charge is 0.158 e. The van der Waals surface area contributed by atoms with E-state index < -0.39 is 0 Å². The van der Waals surface area contributed by atoms with Crippen molar-refractivity contribution in [2.75, 3.05) is 14.1 Å². The molecule has 0 spiro atoms. The Kier molecular flexibility index (Phi) is 4.46. The molecule has 0 saturated heterocycles. The van der Waals surface area contributed by atoms with Gasteiger partial charge in [0.05, 0.1) is 6.20 Å². The first kappa shape index (κ1) is 13.5.